The summed E-state index contributed by atoms with van der Waals surface area (Å²) in [5, 5.41) is 1.26. The fourth-order valence-electron chi connectivity index (χ4n) is 2.96. The van der Waals surface area contributed by atoms with Gasteiger partial charge in [0.1, 0.15) is 5.75 Å². The number of ether oxygens (including phenoxy) is 1. The van der Waals surface area contributed by atoms with Gasteiger partial charge >= 0.3 is 6.09 Å². The zero-order chi connectivity index (χ0) is 17.1. The number of aromatic nitrogens is 1. The Bertz CT molecular complexity index is 865. The van der Waals surface area contributed by atoms with Gasteiger partial charge in [-0.15, -0.1) is 0 Å². The van der Waals surface area contributed by atoms with Crippen molar-refractivity contribution in [3.63, 3.8) is 0 Å². The molecule has 0 aliphatic carbocycles. The number of aryl methyl sites for hydroxylation is 2. The van der Waals surface area contributed by atoms with Crippen molar-refractivity contribution in [1.82, 2.24) is 4.98 Å². The zero-order valence-electron chi connectivity index (χ0n) is 14.0. The molecule has 4 nitrogen and oxygen atoms in total. The molecule has 0 fully saturated rings. The third-order valence-electron chi connectivity index (χ3n) is 4.23. The summed E-state index contributed by atoms with van der Waals surface area (Å²) in [6.45, 7) is 4.24. The third kappa shape index (κ3) is 3.59. The molecule has 1 aromatic heterocycles. The Morgan fingerprint density at radius 2 is 1.96 bits per heavy atom. The molecule has 124 valence electrons. The smallest absolute Gasteiger partial charge is 0.409 e. The second kappa shape index (κ2) is 6.79. The van der Waals surface area contributed by atoms with Crippen LogP contribution in [0.3, 0.4) is 0 Å². The number of benzene rings is 2. The van der Waals surface area contributed by atoms with Crippen molar-refractivity contribution in [1.29, 1.82) is 0 Å². The minimum absolute atomic E-state index is 0.355. The van der Waals surface area contributed by atoms with E-state index in [4.69, 9.17) is 10.5 Å². The van der Waals surface area contributed by atoms with Gasteiger partial charge in [0.2, 0.25) is 0 Å². The molecule has 0 radical (unpaired) electrons. The number of primary amides is 1. The Morgan fingerprint density at radius 1 is 1.17 bits per heavy atom. The molecule has 0 spiro atoms. The molecule has 0 saturated carbocycles. The normalized spacial score (nSPS) is 11.1. The topological polar surface area (TPSA) is 68.1 Å². The number of carbonyl (C=O) groups is 1. The largest absolute Gasteiger partial charge is 0.410 e. The van der Waals surface area contributed by atoms with Gasteiger partial charge in [0.15, 0.2) is 0 Å². The molecule has 2 aromatic carbocycles. The molecular formula is C20H22N2O2. The van der Waals surface area contributed by atoms with Crippen molar-refractivity contribution < 1.29 is 9.53 Å². The highest BCUT2D eigenvalue weighted by atomic mass is 16.5. The van der Waals surface area contributed by atoms with E-state index in [1.54, 1.807) is 0 Å². The standard InChI is InChI=1S/C20H22N2O2/c1-13(2)16-9-14(10-17(11-16)24-20(21)23)7-8-15-12-22-19-6-4-3-5-18(15)19/h3-6,9-13,22H,7-8H2,1-2H3,(H2,21,23). The molecule has 0 aliphatic rings. The highest BCUT2D eigenvalue weighted by Gasteiger charge is 2.09. The summed E-state index contributed by atoms with van der Waals surface area (Å²) >= 11 is 0. The van der Waals surface area contributed by atoms with E-state index in [1.807, 2.05) is 18.2 Å². The number of carbonyl (C=O) groups excluding carboxylic acids is 1. The number of amides is 1. The average molecular weight is 322 g/mol. The van der Waals surface area contributed by atoms with Gasteiger partial charge in [-0.2, -0.15) is 0 Å². The maximum Gasteiger partial charge on any atom is 0.409 e. The number of fused-ring (bicyclic) bond motifs is 1. The number of nitrogens with two attached hydrogens (primary N) is 1. The Balaban J connectivity index is 1.83. The number of nitrogens with one attached hydrogen (secondary N) is 1. The van der Waals surface area contributed by atoms with E-state index in [-0.39, 0.29) is 0 Å². The summed E-state index contributed by atoms with van der Waals surface area (Å²) < 4.78 is 5.09. The van der Waals surface area contributed by atoms with Gasteiger partial charge in [-0.25, -0.2) is 4.79 Å². The summed E-state index contributed by atoms with van der Waals surface area (Å²) in [7, 11) is 0. The van der Waals surface area contributed by atoms with Gasteiger partial charge in [0.25, 0.3) is 0 Å². The number of rotatable bonds is 5. The molecule has 0 aliphatic heterocycles. The zero-order valence-corrected chi connectivity index (χ0v) is 14.0. The molecule has 0 bridgehead atoms. The van der Waals surface area contributed by atoms with Gasteiger partial charge in [-0.3, -0.25) is 0 Å². The van der Waals surface area contributed by atoms with E-state index in [9.17, 15) is 4.79 Å². The first kappa shape index (κ1) is 16.1. The second-order valence-electron chi connectivity index (χ2n) is 6.35. The van der Waals surface area contributed by atoms with E-state index >= 15 is 0 Å². The molecule has 3 N–H and O–H groups in total. The third-order valence-corrected chi connectivity index (χ3v) is 4.23. The van der Waals surface area contributed by atoms with Crippen LogP contribution < -0.4 is 10.5 Å². The van der Waals surface area contributed by atoms with Crippen LogP contribution in [0.5, 0.6) is 5.75 Å². The highest BCUT2D eigenvalue weighted by molar-refractivity contribution is 5.83. The molecule has 0 unspecified atom stereocenters. The Morgan fingerprint density at radius 3 is 2.71 bits per heavy atom. The summed E-state index contributed by atoms with van der Waals surface area (Å²) in [5.41, 5.74) is 9.88. The number of H-pyrrole nitrogens is 1. The molecule has 4 heteroatoms. The van der Waals surface area contributed by atoms with Gasteiger partial charge in [0.05, 0.1) is 0 Å². The van der Waals surface area contributed by atoms with E-state index < -0.39 is 6.09 Å². The van der Waals surface area contributed by atoms with Crippen molar-refractivity contribution in [2.75, 3.05) is 0 Å². The van der Waals surface area contributed by atoms with Crippen LogP contribution in [0.25, 0.3) is 10.9 Å². The average Bonchev–Trinajstić information content (AvgIpc) is 2.95. The summed E-state index contributed by atoms with van der Waals surface area (Å²) in [6.07, 6.45) is 3.08. The van der Waals surface area contributed by atoms with Crippen LogP contribution in [-0.4, -0.2) is 11.1 Å². The maximum absolute atomic E-state index is 11.0. The van der Waals surface area contributed by atoms with Crippen molar-refractivity contribution >= 4 is 17.0 Å². The molecule has 3 aromatic rings. The fraction of sp³-hybridized carbons (Fsp3) is 0.250. The number of hydrogen-bond donors (Lipinski definition) is 2. The van der Waals surface area contributed by atoms with Crippen molar-refractivity contribution in [3.05, 3.63) is 65.4 Å². The molecule has 0 saturated heterocycles. The van der Waals surface area contributed by atoms with Crippen LogP contribution >= 0.6 is 0 Å². The van der Waals surface area contributed by atoms with Crippen LogP contribution in [0.2, 0.25) is 0 Å². The lowest BCUT2D eigenvalue weighted by atomic mass is 9.97. The molecular weight excluding hydrogens is 300 g/mol. The minimum Gasteiger partial charge on any atom is -0.410 e. The first-order valence-corrected chi connectivity index (χ1v) is 8.19. The molecule has 1 heterocycles. The SMILES string of the molecule is CC(C)c1cc(CCc2c[nH]c3ccccc23)cc(OC(N)=O)c1. The Labute approximate surface area is 141 Å². The van der Waals surface area contributed by atoms with Gasteiger partial charge < -0.3 is 15.5 Å². The fourth-order valence-corrected chi connectivity index (χ4v) is 2.96. The maximum atomic E-state index is 11.0. The highest BCUT2D eigenvalue weighted by Crippen LogP contribution is 2.25. The summed E-state index contributed by atoms with van der Waals surface area (Å²) in [5.74, 6) is 0.871. The number of hydrogen-bond acceptors (Lipinski definition) is 2. The first-order chi connectivity index (χ1) is 11.5. The summed E-state index contributed by atoms with van der Waals surface area (Å²) in [6, 6.07) is 14.2. The second-order valence-corrected chi connectivity index (χ2v) is 6.35. The van der Waals surface area contributed by atoms with Gasteiger partial charge in [-0.05, 0) is 53.6 Å². The van der Waals surface area contributed by atoms with Gasteiger partial charge in [-0.1, -0.05) is 38.1 Å². The number of para-hydroxylation sites is 1. The molecule has 3 rings (SSSR count). The van der Waals surface area contributed by atoms with Gasteiger partial charge in [0, 0.05) is 17.1 Å². The van der Waals surface area contributed by atoms with Crippen LogP contribution in [0.4, 0.5) is 4.79 Å². The van der Waals surface area contributed by atoms with E-state index in [2.05, 4.69) is 49.3 Å². The Kier molecular flexibility index (Phi) is 4.56. The first-order valence-electron chi connectivity index (χ1n) is 8.19. The van der Waals surface area contributed by atoms with Crippen LogP contribution in [-0.2, 0) is 12.8 Å². The molecule has 0 atom stereocenters. The quantitative estimate of drug-likeness (QED) is 0.724. The van der Waals surface area contributed by atoms with Crippen molar-refractivity contribution in [2.24, 2.45) is 5.73 Å². The predicted octanol–water partition coefficient (Wildman–Crippen LogP) is 4.53. The number of aromatic amines is 1. The minimum atomic E-state index is -0.779. The van der Waals surface area contributed by atoms with Crippen molar-refractivity contribution in [2.45, 2.75) is 32.6 Å². The Hall–Kier alpha value is -2.75. The van der Waals surface area contributed by atoms with E-state index in [0.717, 1.165) is 29.5 Å². The predicted molar refractivity (Wildman–Crippen MR) is 96.4 cm³/mol. The molecule has 1 amide bonds. The lowest BCUT2D eigenvalue weighted by Crippen LogP contribution is -2.16. The molecule has 24 heavy (non-hydrogen) atoms. The van der Waals surface area contributed by atoms with E-state index in [0.29, 0.717) is 11.7 Å². The lowest BCUT2D eigenvalue weighted by Gasteiger charge is -2.11. The monoisotopic (exact) mass is 322 g/mol. The lowest BCUT2D eigenvalue weighted by molar-refractivity contribution is 0.211. The van der Waals surface area contributed by atoms with Crippen LogP contribution in [0.15, 0.2) is 48.7 Å². The van der Waals surface area contributed by atoms with Crippen molar-refractivity contribution in [3.8, 4) is 5.75 Å². The van der Waals surface area contributed by atoms with Crippen LogP contribution in [0, 0.1) is 0 Å². The van der Waals surface area contributed by atoms with Crippen LogP contribution in [0.1, 0.15) is 36.5 Å². The van der Waals surface area contributed by atoms with E-state index in [1.165, 1.54) is 10.9 Å². The summed E-state index contributed by atoms with van der Waals surface area (Å²) in [4.78, 5) is 14.4.